The number of hydrogen-bond acceptors (Lipinski definition) is 2. The summed E-state index contributed by atoms with van der Waals surface area (Å²) in [7, 11) is 0. The van der Waals surface area contributed by atoms with Crippen molar-refractivity contribution in [1.82, 2.24) is 9.80 Å². The number of halogens is 2. The van der Waals surface area contributed by atoms with E-state index in [0.717, 1.165) is 6.08 Å². The van der Waals surface area contributed by atoms with E-state index in [1.807, 2.05) is 0 Å². The zero-order valence-corrected chi connectivity index (χ0v) is 16.2. The second-order valence-corrected chi connectivity index (χ2v) is 7.44. The maximum Gasteiger partial charge on any atom is 0.283 e. The Morgan fingerprint density at radius 1 is 1.12 bits per heavy atom. The molecule has 26 heavy (non-hydrogen) atoms. The summed E-state index contributed by atoms with van der Waals surface area (Å²) < 4.78 is 27.7. The number of amides is 2. The van der Waals surface area contributed by atoms with Crippen LogP contribution in [0, 0.1) is 12.3 Å². The normalized spacial score (nSPS) is 12.2. The molecule has 0 fully saturated rings. The first kappa shape index (κ1) is 23.6. The van der Waals surface area contributed by atoms with Crippen molar-refractivity contribution in [2.75, 3.05) is 13.1 Å². The molecule has 6 heteroatoms. The summed E-state index contributed by atoms with van der Waals surface area (Å²) in [4.78, 5) is 26.7. The molecule has 0 unspecified atom stereocenters. The molecule has 0 aliphatic heterocycles. The molecule has 144 valence electrons. The van der Waals surface area contributed by atoms with Crippen LogP contribution in [0.3, 0.4) is 0 Å². The Morgan fingerprint density at radius 3 is 2.04 bits per heavy atom. The molecule has 0 saturated carbocycles. The topological polar surface area (TPSA) is 40.6 Å². The van der Waals surface area contributed by atoms with Crippen LogP contribution >= 0.6 is 0 Å². The van der Waals surface area contributed by atoms with E-state index in [4.69, 9.17) is 6.42 Å². The SMILES string of the molecule is C#CCN(C(=O)/C(F)=C/CC(C)(C)N(CC=C)C(=O)C(=C)F)C(C)(C)C. The smallest absolute Gasteiger partial charge is 0.283 e. The van der Waals surface area contributed by atoms with Crippen molar-refractivity contribution in [3.63, 3.8) is 0 Å². The van der Waals surface area contributed by atoms with Crippen molar-refractivity contribution in [2.24, 2.45) is 0 Å². The summed E-state index contributed by atoms with van der Waals surface area (Å²) in [5.41, 5.74) is -1.61. The molecule has 0 aliphatic rings. The minimum Gasteiger partial charge on any atom is -0.328 e. The molecule has 0 spiro atoms. The summed E-state index contributed by atoms with van der Waals surface area (Å²) in [6.45, 7) is 15.1. The zero-order chi connectivity index (χ0) is 20.7. The van der Waals surface area contributed by atoms with Crippen LogP contribution in [0.2, 0.25) is 0 Å². The van der Waals surface area contributed by atoms with Gasteiger partial charge in [0.1, 0.15) is 0 Å². The lowest BCUT2D eigenvalue weighted by Gasteiger charge is -2.37. The molecule has 0 N–H and O–H groups in total. The van der Waals surface area contributed by atoms with Gasteiger partial charge in [-0.15, -0.1) is 13.0 Å². The van der Waals surface area contributed by atoms with Crippen molar-refractivity contribution in [1.29, 1.82) is 0 Å². The molecular weight excluding hydrogens is 338 g/mol. The molecule has 0 rings (SSSR count). The highest BCUT2D eigenvalue weighted by molar-refractivity contribution is 5.92. The lowest BCUT2D eigenvalue weighted by Crippen LogP contribution is -2.48. The molecule has 0 radical (unpaired) electrons. The first-order chi connectivity index (χ1) is 11.8. The Labute approximate surface area is 155 Å². The van der Waals surface area contributed by atoms with Crippen LogP contribution in [0.25, 0.3) is 0 Å². The lowest BCUT2D eigenvalue weighted by atomic mass is 9.96. The van der Waals surface area contributed by atoms with E-state index in [0.29, 0.717) is 0 Å². The molecule has 0 heterocycles. The average Bonchev–Trinajstić information content (AvgIpc) is 2.52. The minimum absolute atomic E-state index is 0.00846. The van der Waals surface area contributed by atoms with Crippen molar-refractivity contribution >= 4 is 11.8 Å². The van der Waals surface area contributed by atoms with Gasteiger partial charge >= 0.3 is 0 Å². The van der Waals surface area contributed by atoms with Gasteiger partial charge in [0.15, 0.2) is 11.7 Å². The summed E-state index contributed by atoms with van der Waals surface area (Å²) in [5.74, 6) is -1.49. The van der Waals surface area contributed by atoms with Crippen LogP contribution in [-0.4, -0.2) is 45.8 Å². The second kappa shape index (κ2) is 9.33. The number of nitrogens with zero attached hydrogens (tertiary/aromatic N) is 2. The predicted octanol–water partition coefficient (Wildman–Crippen LogP) is 3.77. The molecule has 0 aromatic rings. The minimum atomic E-state index is -1.12. The lowest BCUT2D eigenvalue weighted by molar-refractivity contribution is -0.133. The van der Waals surface area contributed by atoms with Crippen LogP contribution in [0.15, 0.2) is 37.0 Å². The predicted molar refractivity (Wildman–Crippen MR) is 100 cm³/mol. The number of hydrogen-bond donors (Lipinski definition) is 0. The number of terminal acetylenes is 1. The second-order valence-electron chi connectivity index (χ2n) is 7.44. The molecule has 0 aromatic carbocycles. The van der Waals surface area contributed by atoms with E-state index < -0.39 is 34.5 Å². The molecule has 0 bridgehead atoms. The van der Waals surface area contributed by atoms with Crippen LogP contribution < -0.4 is 0 Å². The highest BCUT2D eigenvalue weighted by Gasteiger charge is 2.32. The standard InChI is InChI=1S/C20H28F2N2O2/c1-9-13-23(19(4,5)6)18(26)16(22)11-12-20(7,8)24(14-10-2)17(25)15(3)21/h1,10-11H,2-3,12-14H2,4-8H3/b16-11-. The van der Waals surface area contributed by atoms with Crippen molar-refractivity contribution in [2.45, 2.75) is 52.1 Å². The highest BCUT2D eigenvalue weighted by atomic mass is 19.1. The molecule has 0 aromatic heterocycles. The zero-order valence-electron chi connectivity index (χ0n) is 16.2. The van der Waals surface area contributed by atoms with Crippen LogP contribution in [-0.2, 0) is 9.59 Å². The first-order valence-electron chi connectivity index (χ1n) is 8.18. The molecule has 0 saturated heterocycles. The quantitative estimate of drug-likeness (QED) is 0.373. The Balaban J connectivity index is 5.50. The Kier molecular flexibility index (Phi) is 8.46. The maximum atomic E-state index is 14.4. The third kappa shape index (κ3) is 6.47. The van der Waals surface area contributed by atoms with Crippen molar-refractivity contribution < 1.29 is 18.4 Å². The summed E-state index contributed by atoms with van der Waals surface area (Å²) in [5, 5.41) is 0. The fourth-order valence-electron chi connectivity index (χ4n) is 2.25. The van der Waals surface area contributed by atoms with Gasteiger partial charge in [-0.3, -0.25) is 9.59 Å². The average molecular weight is 366 g/mol. The van der Waals surface area contributed by atoms with Crippen LogP contribution in [0.5, 0.6) is 0 Å². The van der Waals surface area contributed by atoms with E-state index in [1.54, 1.807) is 34.6 Å². The van der Waals surface area contributed by atoms with Gasteiger partial charge in [0.25, 0.3) is 11.8 Å². The third-order valence-corrected chi connectivity index (χ3v) is 3.81. The van der Waals surface area contributed by atoms with Crippen molar-refractivity contribution in [3.8, 4) is 12.3 Å². The number of rotatable bonds is 8. The highest BCUT2D eigenvalue weighted by Crippen LogP contribution is 2.24. The van der Waals surface area contributed by atoms with Gasteiger partial charge in [0.2, 0.25) is 0 Å². The molecular formula is C20H28F2N2O2. The van der Waals surface area contributed by atoms with Gasteiger partial charge in [0.05, 0.1) is 6.54 Å². The fourth-order valence-corrected chi connectivity index (χ4v) is 2.25. The molecule has 4 nitrogen and oxygen atoms in total. The van der Waals surface area contributed by atoms with Gasteiger partial charge in [-0.2, -0.15) is 0 Å². The largest absolute Gasteiger partial charge is 0.328 e. The molecule has 0 atom stereocenters. The van der Waals surface area contributed by atoms with Crippen LogP contribution in [0.1, 0.15) is 41.0 Å². The Bertz CT molecular complexity index is 637. The van der Waals surface area contributed by atoms with E-state index in [-0.39, 0.29) is 19.5 Å². The van der Waals surface area contributed by atoms with Gasteiger partial charge in [0, 0.05) is 17.6 Å². The Morgan fingerprint density at radius 2 is 1.65 bits per heavy atom. The number of carbonyl (C=O) groups is 2. The summed E-state index contributed by atoms with van der Waals surface area (Å²) >= 11 is 0. The monoisotopic (exact) mass is 366 g/mol. The van der Waals surface area contributed by atoms with Crippen LogP contribution in [0.4, 0.5) is 8.78 Å². The summed E-state index contributed by atoms with van der Waals surface area (Å²) in [6, 6.07) is 0. The summed E-state index contributed by atoms with van der Waals surface area (Å²) in [6.07, 6.45) is 7.77. The first-order valence-corrected chi connectivity index (χ1v) is 8.18. The number of carbonyl (C=O) groups excluding carboxylic acids is 2. The van der Waals surface area contributed by atoms with Gasteiger partial charge in [-0.05, 0) is 47.1 Å². The van der Waals surface area contributed by atoms with E-state index in [2.05, 4.69) is 19.1 Å². The van der Waals surface area contributed by atoms with E-state index in [9.17, 15) is 18.4 Å². The van der Waals surface area contributed by atoms with Gasteiger partial charge in [-0.1, -0.05) is 18.6 Å². The van der Waals surface area contributed by atoms with Gasteiger partial charge in [-0.25, -0.2) is 8.78 Å². The van der Waals surface area contributed by atoms with Gasteiger partial charge < -0.3 is 9.80 Å². The molecule has 2 amide bonds. The maximum absolute atomic E-state index is 14.4. The van der Waals surface area contributed by atoms with E-state index in [1.165, 1.54) is 15.9 Å². The molecule has 0 aliphatic carbocycles. The van der Waals surface area contributed by atoms with Crippen molar-refractivity contribution in [3.05, 3.63) is 37.0 Å². The Hall–Kier alpha value is -2.42. The third-order valence-electron chi connectivity index (χ3n) is 3.81. The van der Waals surface area contributed by atoms with E-state index >= 15 is 0 Å². The fraction of sp³-hybridized carbons (Fsp3) is 0.500.